The molecule has 0 aromatic heterocycles. The number of nitrogens with zero attached hydrogens (tertiary/aromatic N) is 1. The van der Waals surface area contributed by atoms with Crippen LogP contribution in [-0.4, -0.2) is 39.5 Å². The molecule has 1 unspecified atom stereocenters. The van der Waals surface area contributed by atoms with Crippen LogP contribution in [0.5, 0.6) is 0 Å². The molecule has 23 heavy (non-hydrogen) atoms. The first-order chi connectivity index (χ1) is 10.5. The number of benzene rings is 1. The average molecular weight is 342 g/mol. The maximum absolute atomic E-state index is 12.1. The van der Waals surface area contributed by atoms with Gasteiger partial charge in [-0.2, -0.15) is 0 Å². The third-order valence-corrected chi connectivity index (χ3v) is 3.35. The molecule has 7 nitrogen and oxygen atoms in total. The summed E-state index contributed by atoms with van der Waals surface area (Å²) in [6.07, 6.45) is -1.22. The van der Waals surface area contributed by atoms with E-state index in [2.05, 4.69) is 10.9 Å². The zero-order valence-electron chi connectivity index (χ0n) is 13.4. The molecule has 3 N–H and O–H groups in total. The van der Waals surface area contributed by atoms with Crippen molar-refractivity contribution in [3.05, 3.63) is 34.9 Å². The Kier molecular flexibility index (Phi) is 5.98. The average Bonchev–Trinajstić information content (AvgIpc) is 2.43. The molecule has 0 heterocycles. The Hall–Kier alpha value is -2.28. The maximum Gasteiger partial charge on any atom is 0.408 e. The Bertz CT molecular complexity index is 596. The van der Waals surface area contributed by atoms with Gasteiger partial charge in [0, 0.05) is 16.1 Å². The minimum atomic E-state index is -1.22. The van der Waals surface area contributed by atoms with Gasteiger partial charge in [0.2, 0.25) is 0 Å². The van der Waals surface area contributed by atoms with Crippen LogP contribution in [0.2, 0.25) is 5.02 Å². The molecule has 0 aliphatic rings. The van der Waals surface area contributed by atoms with E-state index in [1.807, 2.05) is 0 Å². The summed E-state index contributed by atoms with van der Waals surface area (Å²) in [6.45, 7) is 6.48. The molecule has 1 aromatic rings. The van der Waals surface area contributed by atoms with Crippen LogP contribution in [0.25, 0.3) is 0 Å². The monoisotopic (exact) mass is 341 g/mol. The summed E-state index contributed by atoms with van der Waals surface area (Å²) in [5.41, 5.74) is 4.02. The standard InChI is InChI=1S/C15H20ClN3O4/c1-9(19(14(22)23)15(2,3)4)12(20)17-18-13(21)10-5-7-11(16)8-6-10/h5-9H,1-4H3,(H,17,20)(H,18,21)(H,22,23). The summed E-state index contributed by atoms with van der Waals surface area (Å²) in [6, 6.07) is 5.13. The zero-order valence-corrected chi connectivity index (χ0v) is 14.1. The molecule has 0 aliphatic heterocycles. The minimum absolute atomic E-state index is 0.313. The van der Waals surface area contributed by atoms with Gasteiger partial charge in [0.15, 0.2) is 0 Å². The predicted molar refractivity (Wildman–Crippen MR) is 86.1 cm³/mol. The molecule has 8 heteroatoms. The summed E-state index contributed by atoms with van der Waals surface area (Å²) in [4.78, 5) is 36.3. The van der Waals surface area contributed by atoms with Gasteiger partial charge in [-0.05, 0) is 52.0 Å². The van der Waals surface area contributed by atoms with Crippen molar-refractivity contribution in [1.29, 1.82) is 0 Å². The van der Waals surface area contributed by atoms with Crippen LogP contribution in [-0.2, 0) is 4.79 Å². The van der Waals surface area contributed by atoms with Gasteiger partial charge in [0.05, 0.1) is 0 Å². The third-order valence-electron chi connectivity index (χ3n) is 3.10. The van der Waals surface area contributed by atoms with Crippen molar-refractivity contribution in [3.63, 3.8) is 0 Å². The van der Waals surface area contributed by atoms with Crippen molar-refractivity contribution in [2.75, 3.05) is 0 Å². The number of hydrogen-bond donors (Lipinski definition) is 3. The molecule has 3 amide bonds. The molecular formula is C15H20ClN3O4. The topological polar surface area (TPSA) is 98.7 Å². The highest BCUT2D eigenvalue weighted by molar-refractivity contribution is 6.30. The third kappa shape index (κ3) is 5.14. The molecular weight excluding hydrogens is 322 g/mol. The van der Waals surface area contributed by atoms with Gasteiger partial charge in [0.1, 0.15) is 6.04 Å². The van der Waals surface area contributed by atoms with E-state index in [0.29, 0.717) is 10.6 Å². The van der Waals surface area contributed by atoms with Crippen LogP contribution >= 0.6 is 11.6 Å². The van der Waals surface area contributed by atoms with Crippen LogP contribution in [0.4, 0.5) is 4.79 Å². The van der Waals surface area contributed by atoms with Gasteiger partial charge < -0.3 is 5.11 Å². The highest BCUT2D eigenvalue weighted by Gasteiger charge is 2.34. The van der Waals surface area contributed by atoms with Gasteiger partial charge in [0.25, 0.3) is 11.8 Å². The predicted octanol–water partition coefficient (Wildman–Crippen LogP) is 2.27. The Balaban J connectivity index is 2.70. The normalized spacial score (nSPS) is 12.2. The van der Waals surface area contributed by atoms with Gasteiger partial charge in [-0.15, -0.1) is 0 Å². The first kappa shape index (κ1) is 18.8. The first-order valence-electron chi connectivity index (χ1n) is 6.92. The lowest BCUT2D eigenvalue weighted by molar-refractivity contribution is -0.127. The van der Waals surface area contributed by atoms with E-state index in [-0.39, 0.29) is 0 Å². The van der Waals surface area contributed by atoms with Crippen molar-refractivity contribution in [1.82, 2.24) is 15.8 Å². The number of halogens is 1. The molecule has 0 saturated carbocycles. The van der Waals surface area contributed by atoms with E-state index >= 15 is 0 Å². The molecule has 0 radical (unpaired) electrons. The van der Waals surface area contributed by atoms with Gasteiger partial charge in [-0.3, -0.25) is 25.3 Å². The fourth-order valence-electron chi connectivity index (χ4n) is 2.05. The molecule has 1 aromatic carbocycles. The summed E-state index contributed by atoms with van der Waals surface area (Å²) in [5, 5.41) is 9.74. The lowest BCUT2D eigenvalue weighted by atomic mass is 10.0. The molecule has 0 bridgehead atoms. The van der Waals surface area contributed by atoms with Crippen LogP contribution in [0.15, 0.2) is 24.3 Å². The second-order valence-corrected chi connectivity index (χ2v) is 6.39. The molecule has 1 rings (SSSR count). The van der Waals surface area contributed by atoms with Crippen LogP contribution < -0.4 is 10.9 Å². The molecule has 0 aliphatic carbocycles. The first-order valence-corrected chi connectivity index (χ1v) is 7.30. The summed E-state index contributed by atoms with van der Waals surface area (Å²) >= 11 is 5.73. The fraction of sp³-hybridized carbons (Fsp3) is 0.400. The summed E-state index contributed by atoms with van der Waals surface area (Å²) < 4.78 is 0. The van der Waals surface area contributed by atoms with Crippen LogP contribution in [0.1, 0.15) is 38.1 Å². The van der Waals surface area contributed by atoms with E-state index in [4.69, 9.17) is 11.6 Å². The quantitative estimate of drug-likeness (QED) is 0.734. The number of nitrogens with one attached hydrogen (secondary N) is 2. The summed E-state index contributed by atoms with van der Waals surface area (Å²) in [5.74, 6) is -1.16. The van der Waals surface area contributed by atoms with Crippen LogP contribution in [0, 0.1) is 0 Å². The van der Waals surface area contributed by atoms with Crippen molar-refractivity contribution in [2.45, 2.75) is 39.3 Å². The molecule has 126 valence electrons. The lowest BCUT2D eigenvalue weighted by Crippen LogP contribution is -2.57. The molecule has 0 spiro atoms. The number of carboxylic acid groups (broad SMARTS) is 1. The smallest absolute Gasteiger partial charge is 0.408 e. The fourth-order valence-corrected chi connectivity index (χ4v) is 2.17. The Labute approximate surface area is 139 Å². The maximum atomic E-state index is 12.1. The van der Waals surface area contributed by atoms with E-state index in [1.165, 1.54) is 19.1 Å². The van der Waals surface area contributed by atoms with Crippen molar-refractivity contribution >= 4 is 29.5 Å². The van der Waals surface area contributed by atoms with E-state index < -0.39 is 29.5 Å². The number of carbonyl (C=O) groups excluding carboxylic acids is 2. The number of hydrogen-bond acceptors (Lipinski definition) is 3. The molecule has 0 fully saturated rings. The summed E-state index contributed by atoms with van der Waals surface area (Å²) in [7, 11) is 0. The Morgan fingerprint density at radius 1 is 1.13 bits per heavy atom. The second kappa shape index (κ2) is 7.32. The SMILES string of the molecule is CC(C(=O)NNC(=O)c1ccc(Cl)cc1)N(C(=O)O)C(C)(C)C. The van der Waals surface area contributed by atoms with E-state index in [0.717, 1.165) is 4.90 Å². The second-order valence-electron chi connectivity index (χ2n) is 5.95. The van der Waals surface area contributed by atoms with Gasteiger partial charge in [-0.1, -0.05) is 11.6 Å². The van der Waals surface area contributed by atoms with Gasteiger partial charge in [-0.25, -0.2) is 4.79 Å². The van der Waals surface area contributed by atoms with Crippen molar-refractivity contribution in [2.24, 2.45) is 0 Å². The van der Waals surface area contributed by atoms with E-state index in [1.54, 1.807) is 32.9 Å². The van der Waals surface area contributed by atoms with Crippen molar-refractivity contribution < 1.29 is 19.5 Å². The Morgan fingerprint density at radius 3 is 2.09 bits per heavy atom. The van der Waals surface area contributed by atoms with Gasteiger partial charge >= 0.3 is 6.09 Å². The number of rotatable bonds is 3. The number of amides is 3. The van der Waals surface area contributed by atoms with Crippen molar-refractivity contribution in [3.8, 4) is 0 Å². The van der Waals surface area contributed by atoms with E-state index in [9.17, 15) is 19.5 Å². The lowest BCUT2D eigenvalue weighted by Gasteiger charge is -2.37. The molecule has 0 saturated heterocycles. The largest absolute Gasteiger partial charge is 0.465 e. The highest BCUT2D eigenvalue weighted by atomic mass is 35.5. The van der Waals surface area contributed by atoms with Crippen LogP contribution in [0.3, 0.4) is 0 Å². The Morgan fingerprint density at radius 2 is 1.65 bits per heavy atom. The molecule has 1 atom stereocenters. The highest BCUT2D eigenvalue weighted by Crippen LogP contribution is 2.17. The minimum Gasteiger partial charge on any atom is -0.465 e. The number of hydrazine groups is 1. The zero-order chi connectivity index (χ0) is 17.8. The number of carbonyl (C=O) groups is 3.